The number of aryl methyl sites for hydroxylation is 1. The summed E-state index contributed by atoms with van der Waals surface area (Å²) in [6.07, 6.45) is 3.74. The highest BCUT2D eigenvalue weighted by atomic mass is 19.2. The van der Waals surface area contributed by atoms with Crippen molar-refractivity contribution in [2.24, 2.45) is 0 Å². The number of piperazine rings is 1. The van der Waals surface area contributed by atoms with E-state index in [-0.39, 0.29) is 11.5 Å². The molecule has 0 unspecified atom stereocenters. The van der Waals surface area contributed by atoms with Crippen LogP contribution in [0.1, 0.15) is 16.2 Å². The molecule has 3 rings (SSSR count). The molecule has 1 saturated heterocycles. The first-order valence-corrected chi connectivity index (χ1v) is 7.99. The number of rotatable bonds is 4. The van der Waals surface area contributed by atoms with Crippen LogP contribution in [0.2, 0.25) is 0 Å². The zero-order valence-electron chi connectivity index (χ0n) is 13.6. The molecular formula is C17H20F2N4O. The maximum Gasteiger partial charge on any atom is 0.254 e. The van der Waals surface area contributed by atoms with E-state index in [4.69, 9.17) is 0 Å². The van der Waals surface area contributed by atoms with Gasteiger partial charge in [-0.3, -0.25) is 9.69 Å². The van der Waals surface area contributed by atoms with Crippen molar-refractivity contribution in [1.82, 2.24) is 19.4 Å². The molecule has 1 aromatic heterocycles. The van der Waals surface area contributed by atoms with Gasteiger partial charge in [0.2, 0.25) is 0 Å². The fourth-order valence-electron chi connectivity index (χ4n) is 2.88. The third-order valence-corrected chi connectivity index (χ3v) is 4.41. The highest BCUT2D eigenvalue weighted by molar-refractivity contribution is 5.94. The van der Waals surface area contributed by atoms with Crippen molar-refractivity contribution in [3.63, 3.8) is 0 Å². The summed E-state index contributed by atoms with van der Waals surface area (Å²) in [5.41, 5.74) is 0.191. The molecule has 1 aromatic carbocycles. The SMILES string of the molecule is Cc1nccn1CCN1CCN(C(=O)c2ccc(F)c(F)c2)CC1. The molecule has 2 heterocycles. The number of amides is 1. The Morgan fingerprint density at radius 3 is 2.50 bits per heavy atom. The summed E-state index contributed by atoms with van der Waals surface area (Å²) >= 11 is 0. The van der Waals surface area contributed by atoms with Gasteiger partial charge in [-0.15, -0.1) is 0 Å². The molecular weight excluding hydrogens is 314 g/mol. The number of hydrogen-bond acceptors (Lipinski definition) is 3. The van der Waals surface area contributed by atoms with Gasteiger partial charge in [-0.05, 0) is 25.1 Å². The lowest BCUT2D eigenvalue weighted by Gasteiger charge is -2.34. The van der Waals surface area contributed by atoms with E-state index in [1.165, 1.54) is 6.07 Å². The zero-order valence-corrected chi connectivity index (χ0v) is 13.6. The van der Waals surface area contributed by atoms with E-state index in [1.807, 2.05) is 13.1 Å². The lowest BCUT2D eigenvalue weighted by atomic mass is 10.1. The summed E-state index contributed by atoms with van der Waals surface area (Å²) in [5.74, 6) is -1.19. The van der Waals surface area contributed by atoms with Crippen LogP contribution in [0.4, 0.5) is 8.78 Å². The lowest BCUT2D eigenvalue weighted by Crippen LogP contribution is -2.49. The Labute approximate surface area is 139 Å². The molecule has 1 aliphatic rings. The molecule has 0 aliphatic carbocycles. The number of hydrogen-bond donors (Lipinski definition) is 0. The predicted molar refractivity (Wildman–Crippen MR) is 85.7 cm³/mol. The number of nitrogens with zero attached hydrogens (tertiary/aromatic N) is 4. The fourth-order valence-corrected chi connectivity index (χ4v) is 2.88. The molecule has 0 spiro atoms. The molecule has 2 aromatic rings. The Morgan fingerprint density at radius 1 is 1.12 bits per heavy atom. The van der Waals surface area contributed by atoms with Crippen LogP contribution < -0.4 is 0 Å². The van der Waals surface area contributed by atoms with Gasteiger partial charge in [0, 0.05) is 57.2 Å². The average Bonchev–Trinajstić information content (AvgIpc) is 3.00. The second-order valence-corrected chi connectivity index (χ2v) is 5.93. The molecule has 1 fully saturated rings. The fraction of sp³-hybridized carbons (Fsp3) is 0.412. The van der Waals surface area contributed by atoms with E-state index in [0.29, 0.717) is 13.1 Å². The smallest absolute Gasteiger partial charge is 0.254 e. The minimum Gasteiger partial charge on any atom is -0.336 e. The first-order chi connectivity index (χ1) is 11.5. The summed E-state index contributed by atoms with van der Waals surface area (Å²) < 4.78 is 28.3. The lowest BCUT2D eigenvalue weighted by molar-refractivity contribution is 0.0632. The van der Waals surface area contributed by atoms with Crippen molar-refractivity contribution in [2.75, 3.05) is 32.7 Å². The maximum absolute atomic E-state index is 13.3. The van der Waals surface area contributed by atoms with E-state index < -0.39 is 11.6 Å². The Kier molecular flexibility index (Phi) is 4.89. The number of halogens is 2. The molecule has 0 atom stereocenters. The Bertz CT molecular complexity index is 723. The zero-order chi connectivity index (χ0) is 17.1. The van der Waals surface area contributed by atoms with Crippen LogP contribution in [0.15, 0.2) is 30.6 Å². The highest BCUT2D eigenvalue weighted by Crippen LogP contribution is 2.13. The topological polar surface area (TPSA) is 41.4 Å². The number of carbonyl (C=O) groups excluding carboxylic acids is 1. The second-order valence-electron chi connectivity index (χ2n) is 5.93. The average molecular weight is 334 g/mol. The van der Waals surface area contributed by atoms with Gasteiger partial charge in [-0.1, -0.05) is 0 Å². The quantitative estimate of drug-likeness (QED) is 0.858. The number of imidazole rings is 1. The monoisotopic (exact) mass is 334 g/mol. The Morgan fingerprint density at radius 2 is 1.88 bits per heavy atom. The standard InChI is InChI=1S/C17H20F2N4O/c1-13-20-4-5-22(13)9-6-21-7-10-23(11-8-21)17(24)14-2-3-15(18)16(19)12-14/h2-5,12H,6-11H2,1H3. The summed E-state index contributed by atoms with van der Waals surface area (Å²) in [5, 5.41) is 0. The van der Waals surface area contributed by atoms with E-state index in [9.17, 15) is 13.6 Å². The number of carbonyl (C=O) groups is 1. The van der Waals surface area contributed by atoms with Crippen molar-refractivity contribution < 1.29 is 13.6 Å². The summed E-state index contributed by atoms with van der Waals surface area (Å²) in [6.45, 7) is 6.43. The van der Waals surface area contributed by atoms with E-state index in [2.05, 4.69) is 14.5 Å². The minimum absolute atomic E-state index is 0.191. The molecule has 0 N–H and O–H groups in total. The van der Waals surface area contributed by atoms with E-state index in [0.717, 1.165) is 44.1 Å². The molecule has 1 amide bonds. The Balaban J connectivity index is 1.52. The normalized spacial score (nSPS) is 15.7. The van der Waals surface area contributed by atoms with Crippen LogP contribution in [-0.4, -0.2) is 58.0 Å². The first kappa shape index (κ1) is 16.6. The maximum atomic E-state index is 13.3. The van der Waals surface area contributed by atoms with Gasteiger partial charge >= 0.3 is 0 Å². The van der Waals surface area contributed by atoms with Gasteiger partial charge in [0.1, 0.15) is 5.82 Å². The molecule has 0 saturated carbocycles. The van der Waals surface area contributed by atoms with Crippen molar-refractivity contribution in [1.29, 1.82) is 0 Å². The van der Waals surface area contributed by atoms with Crippen LogP contribution in [-0.2, 0) is 6.54 Å². The summed E-state index contributed by atoms with van der Waals surface area (Å²) in [6, 6.07) is 3.28. The van der Waals surface area contributed by atoms with Crippen molar-refractivity contribution in [3.8, 4) is 0 Å². The van der Waals surface area contributed by atoms with Crippen LogP contribution in [0.25, 0.3) is 0 Å². The van der Waals surface area contributed by atoms with Crippen molar-refractivity contribution in [2.45, 2.75) is 13.5 Å². The third kappa shape index (κ3) is 3.62. The Hall–Kier alpha value is -2.28. The molecule has 128 valence electrons. The van der Waals surface area contributed by atoms with Crippen LogP contribution >= 0.6 is 0 Å². The number of benzene rings is 1. The van der Waals surface area contributed by atoms with E-state index >= 15 is 0 Å². The molecule has 0 radical (unpaired) electrons. The first-order valence-electron chi connectivity index (χ1n) is 7.99. The van der Waals surface area contributed by atoms with Gasteiger partial charge in [0.25, 0.3) is 5.91 Å². The van der Waals surface area contributed by atoms with Crippen molar-refractivity contribution >= 4 is 5.91 Å². The van der Waals surface area contributed by atoms with Crippen LogP contribution in [0.5, 0.6) is 0 Å². The van der Waals surface area contributed by atoms with Crippen LogP contribution in [0.3, 0.4) is 0 Å². The van der Waals surface area contributed by atoms with Crippen LogP contribution in [0, 0.1) is 18.6 Å². The van der Waals surface area contributed by atoms with Gasteiger partial charge in [0.15, 0.2) is 11.6 Å². The van der Waals surface area contributed by atoms with Gasteiger partial charge in [-0.25, -0.2) is 13.8 Å². The highest BCUT2D eigenvalue weighted by Gasteiger charge is 2.22. The predicted octanol–water partition coefficient (Wildman–Crippen LogP) is 1.93. The summed E-state index contributed by atoms with van der Waals surface area (Å²) in [7, 11) is 0. The molecule has 0 bridgehead atoms. The molecule has 1 aliphatic heterocycles. The summed E-state index contributed by atoms with van der Waals surface area (Å²) in [4.78, 5) is 20.5. The van der Waals surface area contributed by atoms with Crippen molar-refractivity contribution in [3.05, 3.63) is 53.6 Å². The van der Waals surface area contributed by atoms with Gasteiger partial charge in [-0.2, -0.15) is 0 Å². The second kappa shape index (κ2) is 7.09. The number of aromatic nitrogens is 2. The molecule has 5 nitrogen and oxygen atoms in total. The molecule has 24 heavy (non-hydrogen) atoms. The largest absolute Gasteiger partial charge is 0.336 e. The molecule has 7 heteroatoms. The minimum atomic E-state index is -0.991. The van der Waals surface area contributed by atoms with Gasteiger partial charge < -0.3 is 9.47 Å². The van der Waals surface area contributed by atoms with E-state index in [1.54, 1.807) is 11.1 Å². The third-order valence-electron chi connectivity index (χ3n) is 4.41. The van der Waals surface area contributed by atoms with Gasteiger partial charge in [0.05, 0.1) is 0 Å².